The maximum atomic E-state index is 13.4. The summed E-state index contributed by atoms with van der Waals surface area (Å²) in [5.41, 5.74) is 0.388. The Morgan fingerprint density at radius 3 is 2.31 bits per heavy atom. The number of benzene rings is 1. The van der Waals surface area contributed by atoms with Crippen molar-refractivity contribution in [1.82, 2.24) is 14.7 Å². The van der Waals surface area contributed by atoms with Crippen LogP contribution in [0.25, 0.3) is 0 Å². The van der Waals surface area contributed by atoms with E-state index in [-0.39, 0.29) is 11.8 Å². The van der Waals surface area contributed by atoms with E-state index in [0.29, 0.717) is 31.7 Å². The summed E-state index contributed by atoms with van der Waals surface area (Å²) in [6.07, 6.45) is 5.45. The highest BCUT2D eigenvalue weighted by Crippen LogP contribution is 2.13. The van der Waals surface area contributed by atoms with E-state index >= 15 is 0 Å². The highest BCUT2D eigenvalue weighted by molar-refractivity contribution is 5.94. The maximum absolute atomic E-state index is 13.4. The molecule has 2 aliphatic rings. The van der Waals surface area contributed by atoms with Crippen LogP contribution in [0.5, 0.6) is 0 Å². The van der Waals surface area contributed by atoms with Crippen molar-refractivity contribution in [2.24, 2.45) is 0 Å². The predicted molar refractivity (Wildman–Crippen MR) is 98.4 cm³/mol. The van der Waals surface area contributed by atoms with Crippen LogP contribution in [-0.4, -0.2) is 72.3 Å². The summed E-state index contributed by atoms with van der Waals surface area (Å²) in [5.74, 6) is -0.322. The zero-order chi connectivity index (χ0) is 18.4. The molecule has 2 amide bonds. The minimum absolute atomic E-state index is 0.134. The summed E-state index contributed by atoms with van der Waals surface area (Å²) in [6, 6.07) is 5.84. The summed E-state index contributed by atoms with van der Waals surface area (Å²) in [5, 5.41) is 0. The van der Waals surface area contributed by atoms with Gasteiger partial charge in [0, 0.05) is 44.8 Å². The highest BCUT2D eigenvalue weighted by atomic mass is 19.1. The van der Waals surface area contributed by atoms with Crippen LogP contribution in [0.3, 0.4) is 0 Å². The molecule has 3 rings (SSSR count). The molecule has 2 heterocycles. The molecule has 0 aliphatic carbocycles. The molecule has 0 atom stereocenters. The Labute approximate surface area is 154 Å². The summed E-state index contributed by atoms with van der Waals surface area (Å²) >= 11 is 0. The van der Waals surface area contributed by atoms with Gasteiger partial charge in [-0.2, -0.15) is 0 Å². The molecule has 1 aromatic carbocycles. The molecule has 2 aliphatic heterocycles. The topological polar surface area (TPSA) is 43.9 Å². The van der Waals surface area contributed by atoms with Gasteiger partial charge < -0.3 is 9.80 Å². The number of halogens is 1. The van der Waals surface area contributed by atoms with Crippen molar-refractivity contribution in [3.63, 3.8) is 0 Å². The average Bonchev–Trinajstić information content (AvgIpc) is 3.04. The van der Waals surface area contributed by atoms with Gasteiger partial charge in [0.25, 0.3) is 5.91 Å². The Bertz CT molecular complexity index is 629. The first-order valence-corrected chi connectivity index (χ1v) is 9.68. The van der Waals surface area contributed by atoms with Crippen LogP contribution in [0.1, 0.15) is 42.5 Å². The third-order valence-corrected chi connectivity index (χ3v) is 5.26. The molecule has 5 nitrogen and oxygen atoms in total. The third-order valence-electron chi connectivity index (χ3n) is 5.26. The maximum Gasteiger partial charge on any atom is 0.254 e. The normalized spacial score (nSPS) is 19.7. The lowest BCUT2D eigenvalue weighted by atomic mass is 10.2. The number of nitrogens with zero attached hydrogens (tertiary/aromatic N) is 3. The lowest BCUT2D eigenvalue weighted by Crippen LogP contribution is -2.42. The van der Waals surface area contributed by atoms with Crippen LogP contribution in [0, 0.1) is 5.82 Å². The molecule has 0 saturated carbocycles. The Hall–Kier alpha value is -1.95. The molecule has 1 aromatic rings. The summed E-state index contributed by atoms with van der Waals surface area (Å²) < 4.78 is 13.4. The number of hydrogen-bond donors (Lipinski definition) is 0. The smallest absolute Gasteiger partial charge is 0.254 e. The molecular weight excluding hydrogens is 333 g/mol. The van der Waals surface area contributed by atoms with E-state index in [2.05, 4.69) is 4.90 Å². The van der Waals surface area contributed by atoms with Crippen molar-refractivity contribution in [3.8, 4) is 0 Å². The SMILES string of the molecule is O=C(CN1CCCN(C(=O)c2cccc(F)c2)CC1)N1CCCCCC1. The van der Waals surface area contributed by atoms with Gasteiger partial charge in [-0.1, -0.05) is 18.9 Å². The van der Waals surface area contributed by atoms with Gasteiger partial charge in [0.15, 0.2) is 0 Å². The average molecular weight is 361 g/mol. The van der Waals surface area contributed by atoms with Gasteiger partial charge in [0.2, 0.25) is 5.91 Å². The molecule has 26 heavy (non-hydrogen) atoms. The Kier molecular flexibility index (Phi) is 6.61. The zero-order valence-corrected chi connectivity index (χ0v) is 15.3. The van der Waals surface area contributed by atoms with E-state index in [1.165, 1.54) is 25.0 Å². The molecule has 142 valence electrons. The fourth-order valence-corrected chi connectivity index (χ4v) is 3.75. The Morgan fingerprint density at radius 1 is 0.846 bits per heavy atom. The van der Waals surface area contributed by atoms with Gasteiger partial charge in [-0.05, 0) is 37.5 Å². The van der Waals surface area contributed by atoms with Crippen LogP contribution in [0.4, 0.5) is 4.39 Å². The molecular formula is C20H28FN3O2. The van der Waals surface area contributed by atoms with Crippen LogP contribution in [-0.2, 0) is 4.79 Å². The molecule has 0 unspecified atom stereocenters. The molecule has 0 bridgehead atoms. The van der Waals surface area contributed by atoms with Crippen molar-refractivity contribution < 1.29 is 14.0 Å². The Balaban J connectivity index is 1.53. The van der Waals surface area contributed by atoms with E-state index in [0.717, 1.165) is 38.9 Å². The lowest BCUT2D eigenvalue weighted by molar-refractivity contribution is -0.132. The summed E-state index contributed by atoms with van der Waals surface area (Å²) in [4.78, 5) is 31.1. The highest BCUT2D eigenvalue weighted by Gasteiger charge is 2.23. The fourth-order valence-electron chi connectivity index (χ4n) is 3.75. The first kappa shape index (κ1) is 18.8. The Morgan fingerprint density at radius 2 is 1.58 bits per heavy atom. The summed E-state index contributed by atoms with van der Waals surface area (Å²) in [6.45, 7) is 4.88. The molecule has 6 heteroatoms. The molecule has 0 aromatic heterocycles. The van der Waals surface area contributed by atoms with Crippen molar-refractivity contribution >= 4 is 11.8 Å². The van der Waals surface area contributed by atoms with E-state index < -0.39 is 5.82 Å². The first-order chi connectivity index (χ1) is 12.6. The lowest BCUT2D eigenvalue weighted by Gasteiger charge is -2.26. The van der Waals surface area contributed by atoms with Crippen LogP contribution in [0.15, 0.2) is 24.3 Å². The zero-order valence-electron chi connectivity index (χ0n) is 15.3. The standard InChI is InChI=1S/C20H28FN3O2/c21-18-8-5-7-17(15-18)20(26)24-12-6-9-22(13-14-24)16-19(25)23-10-3-1-2-4-11-23/h5,7-8,15H,1-4,6,9-14,16H2. The van der Waals surface area contributed by atoms with Gasteiger partial charge in [0.1, 0.15) is 5.82 Å². The van der Waals surface area contributed by atoms with Gasteiger partial charge in [-0.3, -0.25) is 14.5 Å². The second-order valence-electron chi connectivity index (χ2n) is 7.23. The minimum atomic E-state index is -0.393. The molecule has 0 N–H and O–H groups in total. The van der Waals surface area contributed by atoms with Gasteiger partial charge in [-0.15, -0.1) is 0 Å². The third kappa shape index (κ3) is 5.04. The van der Waals surface area contributed by atoms with E-state index in [1.807, 2.05) is 4.90 Å². The number of rotatable bonds is 3. The van der Waals surface area contributed by atoms with E-state index in [1.54, 1.807) is 17.0 Å². The van der Waals surface area contributed by atoms with Crippen LogP contribution >= 0.6 is 0 Å². The summed E-state index contributed by atoms with van der Waals surface area (Å²) in [7, 11) is 0. The van der Waals surface area contributed by atoms with Gasteiger partial charge in [0.05, 0.1) is 6.54 Å². The first-order valence-electron chi connectivity index (χ1n) is 9.68. The van der Waals surface area contributed by atoms with E-state index in [4.69, 9.17) is 0 Å². The van der Waals surface area contributed by atoms with Crippen molar-refractivity contribution in [1.29, 1.82) is 0 Å². The molecule has 0 radical (unpaired) electrons. The van der Waals surface area contributed by atoms with Crippen molar-refractivity contribution in [2.45, 2.75) is 32.1 Å². The molecule has 0 spiro atoms. The second-order valence-corrected chi connectivity index (χ2v) is 7.23. The van der Waals surface area contributed by atoms with E-state index in [9.17, 15) is 14.0 Å². The monoisotopic (exact) mass is 361 g/mol. The number of hydrogen-bond acceptors (Lipinski definition) is 3. The van der Waals surface area contributed by atoms with Gasteiger partial charge in [-0.25, -0.2) is 4.39 Å². The predicted octanol–water partition coefficient (Wildman–Crippen LogP) is 2.38. The molecule has 2 fully saturated rings. The number of carbonyl (C=O) groups is 2. The fraction of sp³-hybridized carbons (Fsp3) is 0.600. The van der Waals surface area contributed by atoms with Gasteiger partial charge >= 0.3 is 0 Å². The second kappa shape index (κ2) is 9.12. The van der Waals surface area contributed by atoms with Crippen LogP contribution in [0.2, 0.25) is 0 Å². The van der Waals surface area contributed by atoms with Crippen molar-refractivity contribution in [3.05, 3.63) is 35.6 Å². The van der Waals surface area contributed by atoms with Crippen LogP contribution < -0.4 is 0 Å². The molecule has 2 saturated heterocycles. The largest absolute Gasteiger partial charge is 0.342 e. The van der Waals surface area contributed by atoms with Crippen molar-refractivity contribution in [2.75, 3.05) is 45.8 Å². The number of amides is 2. The number of likely N-dealkylation sites (tertiary alicyclic amines) is 1. The minimum Gasteiger partial charge on any atom is -0.342 e. The quantitative estimate of drug-likeness (QED) is 0.830. The number of carbonyl (C=O) groups excluding carboxylic acids is 2.